The second kappa shape index (κ2) is 7.22. The monoisotopic (exact) mass is 360 g/mol. The molecule has 22 heavy (non-hydrogen) atoms. The Hall–Kier alpha value is -2.14. The summed E-state index contributed by atoms with van der Waals surface area (Å²) in [6.07, 6.45) is 0. The average molecular weight is 361 g/mol. The highest BCUT2D eigenvalue weighted by molar-refractivity contribution is 9.10. The van der Waals surface area contributed by atoms with Gasteiger partial charge in [-0.2, -0.15) is 0 Å². The predicted octanol–water partition coefficient (Wildman–Crippen LogP) is 3.43. The molecule has 2 aromatic carbocycles. The summed E-state index contributed by atoms with van der Waals surface area (Å²) in [6, 6.07) is 13.0. The highest BCUT2D eigenvalue weighted by atomic mass is 79.9. The largest absolute Gasteiger partial charge is 0.343 e. The number of hydrogen-bond donors (Lipinski definition) is 2. The number of rotatable bonds is 4. The number of hydrogen-bond acceptors (Lipinski definition) is 2. The Bertz CT molecular complexity index is 714. The van der Waals surface area contributed by atoms with E-state index in [9.17, 15) is 9.59 Å². The lowest BCUT2D eigenvalue weighted by atomic mass is 10.1. The van der Waals surface area contributed by atoms with Gasteiger partial charge in [0.1, 0.15) is 0 Å². The molecule has 0 aliphatic carbocycles. The standard InChI is InChI=1S/C17H17BrN2O2/c1-11-7-8-12(2)13(9-11)17(22)19-10-16(21)20-15-6-4-3-5-14(15)18/h3-9H,10H2,1-2H3,(H,19,22)(H,20,21). The molecule has 0 bridgehead atoms. The lowest BCUT2D eigenvalue weighted by Gasteiger charge is -2.10. The minimum absolute atomic E-state index is 0.0758. The molecule has 114 valence electrons. The van der Waals surface area contributed by atoms with Gasteiger partial charge in [0.15, 0.2) is 0 Å². The number of amides is 2. The Labute approximate surface area is 138 Å². The van der Waals surface area contributed by atoms with Crippen LogP contribution in [0.4, 0.5) is 5.69 Å². The molecule has 2 amide bonds. The number of halogens is 1. The number of benzene rings is 2. The van der Waals surface area contributed by atoms with Crippen molar-refractivity contribution < 1.29 is 9.59 Å². The van der Waals surface area contributed by atoms with Crippen LogP contribution in [-0.2, 0) is 4.79 Å². The molecule has 0 aliphatic heterocycles. The van der Waals surface area contributed by atoms with E-state index in [1.54, 1.807) is 6.07 Å². The lowest BCUT2D eigenvalue weighted by Crippen LogP contribution is -2.33. The van der Waals surface area contributed by atoms with Crippen LogP contribution < -0.4 is 10.6 Å². The van der Waals surface area contributed by atoms with Gasteiger partial charge in [-0.3, -0.25) is 9.59 Å². The molecule has 0 unspecified atom stereocenters. The van der Waals surface area contributed by atoms with Crippen molar-refractivity contribution in [3.63, 3.8) is 0 Å². The van der Waals surface area contributed by atoms with E-state index in [2.05, 4.69) is 26.6 Å². The molecule has 0 saturated carbocycles. The van der Waals surface area contributed by atoms with Gasteiger partial charge in [-0.25, -0.2) is 0 Å². The van der Waals surface area contributed by atoms with E-state index in [1.165, 1.54) is 0 Å². The second-order valence-corrected chi connectivity index (χ2v) is 5.88. The second-order valence-electron chi connectivity index (χ2n) is 5.03. The number of nitrogens with one attached hydrogen (secondary N) is 2. The lowest BCUT2D eigenvalue weighted by molar-refractivity contribution is -0.115. The van der Waals surface area contributed by atoms with Crippen LogP contribution in [0.1, 0.15) is 21.5 Å². The number of para-hydroxylation sites is 1. The third-order valence-corrected chi connectivity index (χ3v) is 3.89. The average Bonchev–Trinajstić information content (AvgIpc) is 2.49. The van der Waals surface area contributed by atoms with Gasteiger partial charge in [-0.1, -0.05) is 29.8 Å². The summed E-state index contributed by atoms with van der Waals surface area (Å²) in [7, 11) is 0. The molecule has 0 aromatic heterocycles. The summed E-state index contributed by atoms with van der Waals surface area (Å²) in [6.45, 7) is 3.72. The zero-order valence-electron chi connectivity index (χ0n) is 12.4. The topological polar surface area (TPSA) is 58.2 Å². The molecule has 0 saturated heterocycles. The quantitative estimate of drug-likeness (QED) is 0.877. The van der Waals surface area contributed by atoms with Crippen molar-refractivity contribution in [3.05, 3.63) is 63.6 Å². The number of carbonyl (C=O) groups excluding carboxylic acids is 2. The van der Waals surface area contributed by atoms with Crippen LogP contribution in [0.3, 0.4) is 0 Å². The zero-order chi connectivity index (χ0) is 16.1. The zero-order valence-corrected chi connectivity index (χ0v) is 14.0. The Morgan fingerprint density at radius 1 is 1.09 bits per heavy atom. The SMILES string of the molecule is Cc1ccc(C)c(C(=O)NCC(=O)Nc2ccccc2Br)c1. The van der Waals surface area contributed by atoms with Gasteiger partial charge in [0.2, 0.25) is 5.91 Å². The molecule has 5 heteroatoms. The van der Waals surface area contributed by atoms with E-state index in [-0.39, 0.29) is 18.4 Å². The van der Waals surface area contributed by atoms with Gasteiger partial charge in [-0.05, 0) is 53.5 Å². The normalized spacial score (nSPS) is 10.1. The molecule has 2 aromatic rings. The van der Waals surface area contributed by atoms with E-state index < -0.39 is 0 Å². The molecule has 0 aliphatic rings. The molecule has 0 radical (unpaired) electrons. The van der Waals surface area contributed by atoms with Crippen molar-refractivity contribution in [2.45, 2.75) is 13.8 Å². The molecule has 2 N–H and O–H groups in total. The van der Waals surface area contributed by atoms with Crippen LogP contribution in [-0.4, -0.2) is 18.4 Å². The fraction of sp³-hybridized carbons (Fsp3) is 0.176. The van der Waals surface area contributed by atoms with Crippen LogP contribution in [0.2, 0.25) is 0 Å². The maximum absolute atomic E-state index is 12.1. The summed E-state index contributed by atoms with van der Waals surface area (Å²) in [4.78, 5) is 24.0. The third kappa shape index (κ3) is 4.18. The molecule has 0 atom stereocenters. The van der Waals surface area contributed by atoms with Crippen LogP contribution in [0.15, 0.2) is 46.9 Å². The van der Waals surface area contributed by atoms with Gasteiger partial charge < -0.3 is 10.6 Å². The van der Waals surface area contributed by atoms with Gasteiger partial charge >= 0.3 is 0 Å². The molecule has 0 heterocycles. The Morgan fingerprint density at radius 2 is 1.82 bits per heavy atom. The van der Waals surface area contributed by atoms with Crippen LogP contribution in [0, 0.1) is 13.8 Å². The summed E-state index contributed by atoms with van der Waals surface area (Å²) < 4.78 is 0.796. The summed E-state index contributed by atoms with van der Waals surface area (Å²) in [5.74, 6) is -0.519. The number of carbonyl (C=O) groups is 2. The maximum atomic E-state index is 12.1. The molecule has 0 fully saturated rings. The smallest absolute Gasteiger partial charge is 0.251 e. The van der Waals surface area contributed by atoms with E-state index in [0.29, 0.717) is 11.3 Å². The Balaban J connectivity index is 1.95. The van der Waals surface area contributed by atoms with Crippen molar-refractivity contribution >= 4 is 33.4 Å². The van der Waals surface area contributed by atoms with E-state index in [4.69, 9.17) is 0 Å². The summed E-state index contributed by atoms with van der Waals surface area (Å²) in [5.41, 5.74) is 3.16. The van der Waals surface area contributed by atoms with Gasteiger partial charge in [0.25, 0.3) is 5.91 Å². The van der Waals surface area contributed by atoms with E-state index in [1.807, 2.05) is 50.2 Å². The first-order valence-electron chi connectivity index (χ1n) is 6.87. The molecular formula is C17H17BrN2O2. The van der Waals surface area contributed by atoms with Crippen molar-refractivity contribution in [2.75, 3.05) is 11.9 Å². The first-order chi connectivity index (χ1) is 10.5. The van der Waals surface area contributed by atoms with E-state index >= 15 is 0 Å². The van der Waals surface area contributed by atoms with Gasteiger partial charge in [0.05, 0.1) is 12.2 Å². The summed E-state index contributed by atoms with van der Waals surface area (Å²) >= 11 is 3.36. The first-order valence-corrected chi connectivity index (χ1v) is 7.66. The van der Waals surface area contributed by atoms with Crippen LogP contribution >= 0.6 is 15.9 Å². The fourth-order valence-corrected chi connectivity index (χ4v) is 2.38. The fourth-order valence-electron chi connectivity index (χ4n) is 1.99. The number of aryl methyl sites for hydroxylation is 2. The summed E-state index contributed by atoms with van der Waals surface area (Å²) in [5, 5.41) is 5.38. The van der Waals surface area contributed by atoms with Crippen molar-refractivity contribution in [1.29, 1.82) is 0 Å². The molecule has 0 spiro atoms. The minimum Gasteiger partial charge on any atom is -0.343 e. The van der Waals surface area contributed by atoms with Crippen LogP contribution in [0.5, 0.6) is 0 Å². The number of anilines is 1. The highest BCUT2D eigenvalue weighted by Gasteiger charge is 2.11. The molecular weight excluding hydrogens is 344 g/mol. The maximum Gasteiger partial charge on any atom is 0.251 e. The Kier molecular flexibility index (Phi) is 5.33. The molecule has 2 rings (SSSR count). The van der Waals surface area contributed by atoms with Gasteiger partial charge in [-0.15, -0.1) is 0 Å². The van der Waals surface area contributed by atoms with Crippen molar-refractivity contribution in [2.24, 2.45) is 0 Å². The van der Waals surface area contributed by atoms with Crippen molar-refractivity contribution in [1.82, 2.24) is 5.32 Å². The van der Waals surface area contributed by atoms with Crippen molar-refractivity contribution in [3.8, 4) is 0 Å². The minimum atomic E-state index is -0.273. The Morgan fingerprint density at radius 3 is 2.55 bits per heavy atom. The highest BCUT2D eigenvalue weighted by Crippen LogP contribution is 2.20. The molecule has 4 nitrogen and oxygen atoms in total. The van der Waals surface area contributed by atoms with Crippen LogP contribution in [0.25, 0.3) is 0 Å². The third-order valence-electron chi connectivity index (χ3n) is 3.20. The first kappa shape index (κ1) is 16.2. The van der Waals surface area contributed by atoms with Gasteiger partial charge in [0, 0.05) is 10.0 Å². The van der Waals surface area contributed by atoms with E-state index in [0.717, 1.165) is 15.6 Å². The predicted molar refractivity (Wildman–Crippen MR) is 91.0 cm³/mol.